The van der Waals surface area contributed by atoms with E-state index in [0.717, 1.165) is 22.7 Å². The summed E-state index contributed by atoms with van der Waals surface area (Å²) in [5.74, 6) is 1.84. The molecule has 2 N–H and O–H groups in total. The van der Waals surface area contributed by atoms with Gasteiger partial charge in [0.05, 0.1) is 6.20 Å². The van der Waals surface area contributed by atoms with Crippen LogP contribution in [0.3, 0.4) is 0 Å². The molecule has 1 heterocycles. The first kappa shape index (κ1) is 17.5. The van der Waals surface area contributed by atoms with Gasteiger partial charge < -0.3 is 15.4 Å². The highest BCUT2D eigenvalue weighted by Gasteiger charge is 2.03. The lowest BCUT2D eigenvalue weighted by Gasteiger charge is -2.09. The van der Waals surface area contributed by atoms with Crippen molar-refractivity contribution < 1.29 is 4.74 Å². The zero-order valence-electron chi connectivity index (χ0n) is 15.1. The van der Waals surface area contributed by atoms with Crippen molar-refractivity contribution in [2.45, 2.75) is 6.61 Å². The third-order valence-electron chi connectivity index (χ3n) is 3.96. The van der Waals surface area contributed by atoms with Crippen molar-refractivity contribution in [2.24, 2.45) is 0 Å². The van der Waals surface area contributed by atoms with Gasteiger partial charge in [0.2, 0.25) is 5.95 Å². The second kappa shape index (κ2) is 8.64. The molecule has 0 aliphatic rings. The summed E-state index contributed by atoms with van der Waals surface area (Å²) in [7, 11) is 0. The van der Waals surface area contributed by atoms with Crippen LogP contribution in [0.25, 0.3) is 0 Å². The van der Waals surface area contributed by atoms with Crippen LogP contribution in [-0.2, 0) is 6.61 Å². The van der Waals surface area contributed by atoms with Crippen molar-refractivity contribution in [2.75, 3.05) is 10.6 Å². The molecule has 0 radical (unpaired) electrons. The van der Waals surface area contributed by atoms with Crippen LogP contribution in [0.4, 0.5) is 23.1 Å². The Labute approximate surface area is 163 Å². The number of hydrogen-bond donors (Lipinski definition) is 2. The molecule has 0 saturated carbocycles. The van der Waals surface area contributed by atoms with Gasteiger partial charge >= 0.3 is 0 Å². The van der Waals surface area contributed by atoms with Crippen molar-refractivity contribution in [3.05, 3.63) is 96.7 Å². The van der Waals surface area contributed by atoms with Gasteiger partial charge in [-0.1, -0.05) is 48.5 Å². The van der Waals surface area contributed by atoms with Crippen molar-refractivity contribution in [3.63, 3.8) is 0 Å². The minimum atomic E-state index is 0.430. The average Bonchev–Trinajstić information content (AvgIpc) is 2.75. The normalized spacial score (nSPS) is 10.3. The van der Waals surface area contributed by atoms with Gasteiger partial charge in [-0.2, -0.15) is 10.1 Å². The number of hydrogen-bond acceptors (Lipinski definition) is 6. The molecule has 0 fully saturated rings. The number of nitrogens with one attached hydrogen (secondary N) is 2. The summed E-state index contributed by atoms with van der Waals surface area (Å²) >= 11 is 0. The molecule has 0 amide bonds. The van der Waals surface area contributed by atoms with E-state index in [2.05, 4.69) is 25.8 Å². The van der Waals surface area contributed by atoms with Crippen molar-refractivity contribution in [1.29, 1.82) is 0 Å². The van der Waals surface area contributed by atoms with E-state index in [-0.39, 0.29) is 0 Å². The fraction of sp³-hybridized carbons (Fsp3) is 0.0455. The number of para-hydroxylation sites is 1. The fourth-order valence-corrected chi connectivity index (χ4v) is 2.59. The molecule has 3 aromatic carbocycles. The molecular weight excluding hydrogens is 350 g/mol. The summed E-state index contributed by atoms with van der Waals surface area (Å²) in [5.41, 5.74) is 2.93. The van der Waals surface area contributed by atoms with Gasteiger partial charge in [0.25, 0.3) is 0 Å². The maximum Gasteiger partial charge on any atom is 0.249 e. The monoisotopic (exact) mass is 369 g/mol. The Hall–Kier alpha value is -3.93. The quantitative estimate of drug-likeness (QED) is 0.481. The molecule has 0 saturated heterocycles. The van der Waals surface area contributed by atoms with Crippen LogP contribution in [0.2, 0.25) is 0 Å². The third kappa shape index (κ3) is 4.82. The topological polar surface area (TPSA) is 72.0 Å². The summed E-state index contributed by atoms with van der Waals surface area (Å²) < 4.78 is 5.81. The highest BCUT2D eigenvalue weighted by atomic mass is 16.5. The molecule has 1 aromatic heterocycles. The Bertz CT molecular complexity index is 1010. The summed E-state index contributed by atoms with van der Waals surface area (Å²) in [6, 6.07) is 27.5. The molecule has 6 heteroatoms. The van der Waals surface area contributed by atoms with Gasteiger partial charge in [-0.25, -0.2) is 0 Å². The Balaban J connectivity index is 1.37. The van der Waals surface area contributed by atoms with Crippen molar-refractivity contribution in [3.8, 4) is 5.75 Å². The molecule has 0 aliphatic heterocycles. The lowest BCUT2D eigenvalue weighted by atomic mass is 10.2. The van der Waals surface area contributed by atoms with E-state index < -0.39 is 0 Å². The SMILES string of the molecule is c1ccc(COc2ccc(Nc3cnnc(Nc4ccccc4)n3)cc2)cc1. The van der Waals surface area contributed by atoms with Gasteiger partial charge in [0, 0.05) is 11.4 Å². The molecule has 0 aliphatic carbocycles. The highest BCUT2D eigenvalue weighted by molar-refractivity contribution is 5.59. The molecular formula is C22H19N5O. The van der Waals surface area contributed by atoms with Crippen LogP contribution in [0.15, 0.2) is 91.1 Å². The minimum absolute atomic E-state index is 0.430. The van der Waals surface area contributed by atoms with Crippen LogP contribution >= 0.6 is 0 Å². The van der Waals surface area contributed by atoms with Gasteiger partial charge in [-0.05, 0) is 42.0 Å². The number of benzene rings is 3. The van der Waals surface area contributed by atoms with Gasteiger partial charge in [-0.3, -0.25) is 0 Å². The lowest BCUT2D eigenvalue weighted by molar-refractivity contribution is 0.306. The molecule has 28 heavy (non-hydrogen) atoms. The number of ether oxygens (including phenoxy) is 1. The standard InChI is InChI=1S/C22H19N5O/c1-3-7-17(8-4-1)16-28-20-13-11-19(12-14-20)24-21-15-23-27-22(26-21)25-18-9-5-2-6-10-18/h1-15H,16H2,(H2,24,25,26,27). The van der Waals surface area contributed by atoms with E-state index in [0.29, 0.717) is 18.4 Å². The summed E-state index contributed by atoms with van der Waals surface area (Å²) in [4.78, 5) is 4.43. The Morgan fingerprint density at radius 3 is 2.14 bits per heavy atom. The highest BCUT2D eigenvalue weighted by Crippen LogP contribution is 2.20. The number of nitrogens with zero attached hydrogens (tertiary/aromatic N) is 3. The zero-order chi connectivity index (χ0) is 19.0. The molecule has 4 aromatic rings. The van der Waals surface area contributed by atoms with Crippen LogP contribution in [0, 0.1) is 0 Å². The fourth-order valence-electron chi connectivity index (χ4n) is 2.59. The molecule has 0 unspecified atom stereocenters. The number of aromatic nitrogens is 3. The van der Waals surface area contributed by atoms with Crippen LogP contribution in [0.1, 0.15) is 5.56 Å². The lowest BCUT2D eigenvalue weighted by Crippen LogP contribution is -2.02. The zero-order valence-corrected chi connectivity index (χ0v) is 15.1. The Morgan fingerprint density at radius 1 is 0.714 bits per heavy atom. The second-order valence-electron chi connectivity index (χ2n) is 6.08. The minimum Gasteiger partial charge on any atom is -0.489 e. The largest absolute Gasteiger partial charge is 0.489 e. The van der Waals surface area contributed by atoms with E-state index >= 15 is 0 Å². The summed E-state index contributed by atoms with van der Waals surface area (Å²) in [5, 5.41) is 14.4. The predicted molar refractivity (Wildman–Crippen MR) is 110 cm³/mol. The van der Waals surface area contributed by atoms with E-state index in [1.807, 2.05) is 84.9 Å². The molecule has 138 valence electrons. The number of rotatable bonds is 7. The molecule has 0 spiro atoms. The van der Waals surface area contributed by atoms with E-state index in [1.54, 1.807) is 6.20 Å². The van der Waals surface area contributed by atoms with Crippen LogP contribution in [0.5, 0.6) is 5.75 Å². The second-order valence-corrected chi connectivity index (χ2v) is 6.08. The van der Waals surface area contributed by atoms with Crippen molar-refractivity contribution >= 4 is 23.1 Å². The van der Waals surface area contributed by atoms with Crippen LogP contribution < -0.4 is 15.4 Å². The average molecular weight is 369 g/mol. The van der Waals surface area contributed by atoms with E-state index in [9.17, 15) is 0 Å². The predicted octanol–water partition coefficient (Wildman–Crippen LogP) is 4.94. The van der Waals surface area contributed by atoms with E-state index in [4.69, 9.17) is 4.74 Å². The van der Waals surface area contributed by atoms with Gasteiger partial charge in [0.1, 0.15) is 12.4 Å². The Morgan fingerprint density at radius 2 is 1.39 bits per heavy atom. The Kier molecular flexibility index (Phi) is 5.39. The van der Waals surface area contributed by atoms with Crippen molar-refractivity contribution in [1.82, 2.24) is 15.2 Å². The van der Waals surface area contributed by atoms with Gasteiger partial charge in [0.15, 0.2) is 5.82 Å². The maximum atomic E-state index is 5.81. The molecule has 0 bridgehead atoms. The maximum absolute atomic E-state index is 5.81. The molecule has 0 atom stereocenters. The first-order chi connectivity index (χ1) is 13.8. The number of anilines is 4. The smallest absolute Gasteiger partial charge is 0.249 e. The molecule has 4 rings (SSSR count). The summed E-state index contributed by atoms with van der Waals surface area (Å²) in [6.07, 6.45) is 1.58. The summed E-state index contributed by atoms with van der Waals surface area (Å²) in [6.45, 7) is 0.540. The third-order valence-corrected chi connectivity index (χ3v) is 3.96. The first-order valence-electron chi connectivity index (χ1n) is 8.91. The molecule has 6 nitrogen and oxygen atoms in total. The first-order valence-corrected chi connectivity index (χ1v) is 8.91. The van der Waals surface area contributed by atoms with E-state index in [1.165, 1.54) is 0 Å². The van der Waals surface area contributed by atoms with Gasteiger partial charge in [-0.15, -0.1) is 5.10 Å². The van der Waals surface area contributed by atoms with Crippen LogP contribution in [-0.4, -0.2) is 15.2 Å².